The molecule has 0 N–H and O–H groups in total. The summed E-state index contributed by atoms with van der Waals surface area (Å²) in [6.07, 6.45) is -4.49. The van der Waals surface area contributed by atoms with Crippen molar-refractivity contribution in [1.29, 1.82) is 0 Å². The van der Waals surface area contributed by atoms with E-state index in [0.29, 0.717) is 5.89 Å². The Morgan fingerprint density at radius 1 is 1.17 bits per heavy atom. The molecule has 2 rings (SSSR count). The van der Waals surface area contributed by atoms with E-state index in [0.717, 1.165) is 6.07 Å². The second kappa shape index (κ2) is 4.40. The first-order valence-corrected chi connectivity index (χ1v) is 5.26. The maximum Gasteiger partial charge on any atom is 0.433 e. The highest BCUT2D eigenvalue weighted by atomic mass is 19.4. The molecule has 0 aliphatic carbocycles. The van der Waals surface area contributed by atoms with Gasteiger partial charge in [-0.25, -0.2) is 4.98 Å². The van der Waals surface area contributed by atoms with Crippen molar-refractivity contribution in [3.05, 3.63) is 29.8 Å². The molecule has 0 saturated carbocycles. The van der Waals surface area contributed by atoms with Crippen molar-refractivity contribution in [3.63, 3.8) is 0 Å². The summed E-state index contributed by atoms with van der Waals surface area (Å²) in [4.78, 5) is 7.47. The summed E-state index contributed by atoms with van der Waals surface area (Å²) < 4.78 is 42.4. The highest BCUT2D eigenvalue weighted by molar-refractivity contribution is 5.48. The maximum atomic E-state index is 12.5. The van der Waals surface area contributed by atoms with Crippen LogP contribution in [0.25, 0.3) is 11.5 Å². The number of rotatable bonds is 2. The van der Waals surface area contributed by atoms with Gasteiger partial charge in [0.1, 0.15) is 11.4 Å². The Morgan fingerprint density at radius 3 is 2.44 bits per heavy atom. The molecule has 0 bridgehead atoms. The van der Waals surface area contributed by atoms with E-state index in [1.54, 1.807) is 0 Å². The standard InChI is InChI=1S/C11H10F3N3O/c1-6(2)10-16-9(17-18-10)7-4-3-5-8(15-7)11(12,13)14/h3-6H,1-2H3. The van der Waals surface area contributed by atoms with Gasteiger partial charge in [-0.2, -0.15) is 18.2 Å². The molecule has 0 radical (unpaired) electrons. The van der Waals surface area contributed by atoms with E-state index in [4.69, 9.17) is 4.52 Å². The van der Waals surface area contributed by atoms with Crippen molar-refractivity contribution in [1.82, 2.24) is 15.1 Å². The SMILES string of the molecule is CC(C)c1nc(-c2cccc(C(F)(F)F)n2)no1. The van der Waals surface area contributed by atoms with Gasteiger partial charge in [0, 0.05) is 5.92 Å². The van der Waals surface area contributed by atoms with Gasteiger partial charge in [0.15, 0.2) is 0 Å². The third kappa shape index (κ3) is 2.49. The molecule has 0 atom stereocenters. The van der Waals surface area contributed by atoms with Crippen molar-refractivity contribution in [3.8, 4) is 11.5 Å². The van der Waals surface area contributed by atoms with Crippen LogP contribution in [0.3, 0.4) is 0 Å². The van der Waals surface area contributed by atoms with Gasteiger partial charge < -0.3 is 4.52 Å². The molecule has 0 amide bonds. The maximum absolute atomic E-state index is 12.5. The first kappa shape index (κ1) is 12.5. The zero-order valence-electron chi connectivity index (χ0n) is 9.69. The van der Waals surface area contributed by atoms with Crippen molar-refractivity contribution < 1.29 is 17.7 Å². The van der Waals surface area contributed by atoms with Gasteiger partial charge in [0.25, 0.3) is 0 Å². The lowest BCUT2D eigenvalue weighted by Crippen LogP contribution is -2.08. The molecule has 0 aliphatic heterocycles. The molecule has 2 heterocycles. The number of pyridine rings is 1. The third-order valence-corrected chi connectivity index (χ3v) is 2.20. The first-order chi connectivity index (χ1) is 8.38. The first-order valence-electron chi connectivity index (χ1n) is 5.26. The summed E-state index contributed by atoms with van der Waals surface area (Å²) in [6.45, 7) is 3.69. The minimum absolute atomic E-state index is 0.0112. The number of alkyl halides is 3. The van der Waals surface area contributed by atoms with Crippen molar-refractivity contribution >= 4 is 0 Å². The quantitative estimate of drug-likeness (QED) is 0.828. The average molecular weight is 257 g/mol. The number of hydrogen-bond acceptors (Lipinski definition) is 4. The molecular weight excluding hydrogens is 247 g/mol. The van der Waals surface area contributed by atoms with E-state index >= 15 is 0 Å². The summed E-state index contributed by atoms with van der Waals surface area (Å²) in [5.74, 6) is 0.436. The van der Waals surface area contributed by atoms with Crippen LogP contribution in [0.5, 0.6) is 0 Å². The van der Waals surface area contributed by atoms with Crippen LogP contribution < -0.4 is 0 Å². The molecule has 0 spiro atoms. The average Bonchev–Trinajstić information content (AvgIpc) is 2.77. The Kier molecular flexibility index (Phi) is 3.06. The van der Waals surface area contributed by atoms with Crippen LogP contribution >= 0.6 is 0 Å². The van der Waals surface area contributed by atoms with Gasteiger partial charge in [-0.3, -0.25) is 0 Å². The second-order valence-corrected chi connectivity index (χ2v) is 4.02. The number of hydrogen-bond donors (Lipinski definition) is 0. The minimum atomic E-state index is -4.49. The van der Waals surface area contributed by atoms with E-state index in [9.17, 15) is 13.2 Å². The van der Waals surface area contributed by atoms with Crippen LogP contribution in [0, 0.1) is 0 Å². The van der Waals surface area contributed by atoms with Gasteiger partial charge in [-0.1, -0.05) is 25.1 Å². The summed E-state index contributed by atoms with van der Waals surface area (Å²) in [5.41, 5.74) is -0.934. The fourth-order valence-electron chi connectivity index (χ4n) is 1.29. The van der Waals surface area contributed by atoms with Gasteiger partial charge in [0.05, 0.1) is 0 Å². The van der Waals surface area contributed by atoms with Gasteiger partial charge in [-0.15, -0.1) is 0 Å². The molecule has 0 aliphatic rings. The van der Waals surface area contributed by atoms with E-state index in [1.165, 1.54) is 12.1 Å². The molecular formula is C11H10F3N3O. The minimum Gasteiger partial charge on any atom is -0.339 e. The predicted octanol–water partition coefficient (Wildman–Crippen LogP) is 3.27. The molecule has 0 unspecified atom stereocenters. The van der Waals surface area contributed by atoms with Crippen LogP contribution in [0.2, 0.25) is 0 Å². The monoisotopic (exact) mass is 257 g/mol. The largest absolute Gasteiger partial charge is 0.433 e. The van der Waals surface area contributed by atoms with Gasteiger partial charge in [-0.05, 0) is 12.1 Å². The van der Waals surface area contributed by atoms with E-state index in [-0.39, 0.29) is 17.4 Å². The molecule has 0 saturated heterocycles. The van der Waals surface area contributed by atoms with Crippen LogP contribution in [-0.4, -0.2) is 15.1 Å². The zero-order chi connectivity index (χ0) is 13.3. The van der Waals surface area contributed by atoms with Gasteiger partial charge >= 0.3 is 6.18 Å². The fourth-order valence-corrected chi connectivity index (χ4v) is 1.29. The molecule has 4 nitrogen and oxygen atoms in total. The lowest BCUT2D eigenvalue weighted by molar-refractivity contribution is -0.141. The Bertz CT molecular complexity index is 548. The van der Waals surface area contributed by atoms with Crippen LogP contribution in [-0.2, 0) is 6.18 Å². The lowest BCUT2D eigenvalue weighted by atomic mass is 10.2. The van der Waals surface area contributed by atoms with E-state index in [1.807, 2.05) is 13.8 Å². The highest BCUT2D eigenvalue weighted by Gasteiger charge is 2.32. The lowest BCUT2D eigenvalue weighted by Gasteiger charge is -2.05. The van der Waals surface area contributed by atoms with Crippen LogP contribution in [0.15, 0.2) is 22.7 Å². The fraction of sp³-hybridized carbons (Fsp3) is 0.364. The molecule has 0 fully saturated rings. The molecule has 96 valence electrons. The van der Waals surface area contributed by atoms with Crippen LogP contribution in [0.4, 0.5) is 13.2 Å². The predicted molar refractivity (Wildman–Crippen MR) is 56.6 cm³/mol. The van der Waals surface area contributed by atoms with E-state index < -0.39 is 11.9 Å². The van der Waals surface area contributed by atoms with Crippen LogP contribution in [0.1, 0.15) is 31.4 Å². The zero-order valence-corrected chi connectivity index (χ0v) is 9.69. The number of nitrogens with zero attached hydrogens (tertiary/aromatic N) is 3. The molecule has 2 aromatic rings. The summed E-state index contributed by atoms with van der Waals surface area (Å²) in [5, 5.41) is 3.61. The number of halogens is 3. The van der Waals surface area contributed by atoms with Crippen molar-refractivity contribution in [2.45, 2.75) is 25.9 Å². The van der Waals surface area contributed by atoms with E-state index in [2.05, 4.69) is 15.1 Å². The summed E-state index contributed by atoms with van der Waals surface area (Å²) >= 11 is 0. The number of aromatic nitrogens is 3. The Balaban J connectivity index is 2.38. The molecule has 2 aromatic heterocycles. The second-order valence-electron chi connectivity index (χ2n) is 4.02. The molecule has 7 heteroatoms. The molecule has 18 heavy (non-hydrogen) atoms. The summed E-state index contributed by atoms with van der Waals surface area (Å²) in [6, 6.07) is 3.56. The molecule has 0 aromatic carbocycles. The smallest absolute Gasteiger partial charge is 0.339 e. The highest BCUT2D eigenvalue weighted by Crippen LogP contribution is 2.29. The van der Waals surface area contributed by atoms with Crippen molar-refractivity contribution in [2.24, 2.45) is 0 Å². The Hall–Kier alpha value is -1.92. The summed E-state index contributed by atoms with van der Waals surface area (Å²) in [7, 11) is 0. The topological polar surface area (TPSA) is 51.8 Å². The van der Waals surface area contributed by atoms with Gasteiger partial charge in [0.2, 0.25) is 11.7 Å². The normalized spacial score (nSPS) is 12.1. The van der Waals surface area contributed by atoms with Crippen molar-refractivity contribution in [2.75, 3.05) is 0 Å². The Morgan fingerprint density at radius 2 is 1.89 bits per heavy atom. The Labute approximate surface area is 101 Å². The third-order valence-electron chi connectivity index (χ3n) is 2.20.